The number of carboxylic acid groups (broad SMARTS) is 1. The van der Waals surface area contributed by atoms with E-state index >= 15 is 0 Å². The molecule has 1 aromatic carbocycles. The lowest BCUT2D eigenvalue weighted by atomic mass is 9.93. The van der Waals surface area contributed by atoms with Crippen LogP contribution < -0.4 is 5.73 Å². The van der Waals surface area contributed by atoms with Crippen LogP contribution >= 0.6 is 0 Å². The summed E-state index contributed by atoms with van der Waals surface area (Å²) in [4.78, 5) is 13.9. The normalized spacial score (nSPS) is 26.2. The van der Waals surface area contributed by atoms with Crippen LogP contribution in [0.15, 0.2) is 24.3 Å². The number of aliphatic carboxylic acids is 1. The molecule has 1 aliphatic carbocycles. The minimum Gasteiger partial charge on any atom is -0.480 e. The van der Waals surface area contributed by atoms with Gasteiger partial charge in [-0.05, 0) is 17.5 Å². The summed E-state index contributed by atoms with van der Waals surface area (Å²) >= 11 is 0. The smallest absolute Gasteiger partial charge is 0.324 e. The number of likely N-dealkylation sites (tertiary alicyclic amines) is 1. The first-order valence-electron chi connectivity index (χ1n) is 6.43. The zero-order valence-corrected chi connectivity index (χ0v) is 10.3. The van der Waals surface area contributed by atoms with E-state index in [-0.39, 0.29) is 6.04 Å². The van der Waals surface area contributed by atoms with Gasteiger partial charge in [0.15, 0.2) is 0 Å². The first-order valence-corrected chi connectivity index (χ1v) is 6.43. The summed E-state index contributed by atoms with van der Waals surface area (Å²) in [6.45, 7) is 1.49. The van der Waals surface area contributed by atoms with Gasteiger partial charge < -0.3 is 10.8 Å². The molecule has 1 aliphatic heterocycles. The lowest BCUT2D eigenvalue weighted by molar-refractivity contribution is -0.150. The SMILES string of the molecule is NC1CCN(C2(C(=O)O)Cc3ccccc3C2)C1. The van der Waals surface area contributed by atoms with E-state index in [4.69, 9.17) is 5.73 Å². The number of hydrogen-bond donors (Lipinski definition) is 2. The topological polar surface area (TPSA) is 66.6 Å². The minimum atomic E-state index is -0.766. The maximum atomic E-state index is 11.8. The molecule has 3 N–H and O–H groups in total. The summed E-state index contributed by atoms with van der Waals surface area (Å²) in [5.41, 5.74) is 7.49. The Labute approximate surface area is 106 Å². The van der Waals surface area contributed by atoms with Crippen molar-refractivity contribution in [3.63, 3.8) is 0 Å². The number of hydrogen-bond acceptors (Lipinski definition) is 3. The van der Waals surface area contributed by atoms with Gasteiger partial charge in [0.2, 0.25) is 0 Å². The van der Waals surface area contributed by atoms with Crippen LogP contribution in [0.5, 0.6) is 0 Å². The number of carboxylic acids is 1. The van der Waals surface area contributed by atoms with Gasteiger partial charge >= 0.3 is 5.97 Å². The van der Waals surface area contributed by atoms with Crippen molar-refractivity contribution in [2.45, 2.75) is 30.8 Å². The Hall–Kier alpha value is -1.39. The van der Waals surface area contributed by atoms with Crippen molar-refractivity contribution in [3.05, 3.63) is 35.4 Å². The second kappa shape index (κ2) is 4.07. The highest BCUT2D eigenvalue weighted by molar-refractivity contribution is 5.81. The average Bonchev–Trinajstić information content (AvgIpc) is 2.92. The maximum absolute atomic E-state index is 11.8. The van der Waals surface area contributed by atoms with E-state index in [1.165, 1.54) is 11.1 Å². The molecule has 0 bridgehead atoms. The average molecular weight is 246 g/mol. The lowest BCUT2D eigenvalue weighted by Gasteiger charge is -2.34. The summed E-state index contributed by atoms with van der Waals surface area (Å²) in [6.07, 6.45) is 2.10. The second-order valence-corrected chi connectivity index (χ2v) is 5.45. The van der Waals surface area contributed by atoms with Crippen LogP contribution in [0.4, 0.5) is 0 Å². The molecule has 3 rings (SSSR count). The molecule has 4 nitrogen and oxygen atoms in total. The van der Waals surface area contributed by atoms with Crippen LogP contribution in [-0.2, 0) is 17.6 Å². The van der Waals surface area contributed by atoms with E-state index < -0.39 is 11.5 Å². The van der Waals surface area contributed by atoms with Crippen LogP contribution in [0.1, 0.15) is 17.5 Å². The number of nitrogens with zero attached hydrogens (tertiary/aromatic N) is 1. The molecule has 1 unspecified atom stereocenters. The highest BCUT2D eigenvalue weighted by Crippen LogP contribution is 2.36. The van der Waals surface area contributed by atoms with E-state index in [1.54, 1.807) is 0 Å². The van der Waals surface area contributed by atoms with Crippen LogP contribution in [0, 0.1) is 0 Å². The first kappa shape index (κ1) is 11.7. The summed E-state index contributed by atoms with van der Waals surface area (Å²) in [7, 11) is 0. The van der Waals surface area contributed by atoms with Crippen molar-refractivity contribution >= 4 is 5.97 Å². The largest absolute Gasteiger partial charge is 0.480 e. The second-order valence-electron chi connectivity index (χ2n) is 5.45. The number of fused-ring (bicyclic) bond motifs is 1. The van der Waals surface area contributed by atoms with Crippen LogP contribution in [0.3, 0.4) is 0 Å². The standard InChI is InChI=1S/C14H18N2O2/c15-12-5-6-16(9-12)14(13(17)18)7-10-3-1-2-4-11(10)8-14/h1-4,12H,5-9,15H2,(H,17,18). The highest BCUT2D eigenvalue weighted by Gasteiger charge is 2.50. The van der Waals surface area contributed by atoms with Gasteiger partial charge in [-0.25, -0.2) is 0 Å². The Morgan fingerprint density at radius 2 is 1.94 bits per heavy atom. The molecule has 4 heteroatoms. The van der Waals surface area contributed by atoms with Gasteiger partial charge in [0.1, 0.15) is 5.54 Å². The van der Waals surface area contributed by atoms with Crippen molar-refractivity contribution in [1.29, 1.82) is 0 Å². The molecule has 1 saturated heterocycles. The first-order chi connectivity index (χ1) is 8.62. The molecule has 2 aliphatic rings. The highest BCUT2D eigenvalue weighted by atomic mass is 16.4. The molecule has 1 atom stereocenters. The van der Waals surface area contributed by atoms with Gasteiger partial charge in [-0.1, -0.05) is 24.3 Å². The van der Waals surface area contributed by atoms with Crippen LogP contribution in [-0.4, -0.2) is 40.6 Å². The van der Waals surface area contributed by atoms with E-state index in [1.807, 2.05) is 24.3 Å². The Kier molecular flexibility index (Phi) is 2.64. The van der Waals surface area contributed by atoms with Crippen molar-refractivity contribution < 1.29 is 9.90 Å². The van der Waals surface area contributed by atoms with E-state index in [0.717, 1.165) is 13.0 Å². The fourth-order valence-corrected chi connectivity index (χ4v) is 3.28. The molecule has 0 amide bonds. The van der Waals surface area contributed by atoms with E-state index in [0.29, 0.717) is 19.4 Å². The van der Waals surface area contributed by atoms with E-state index in [9.17, 15) is 9.90 Å². The molecule has 18 heavy (non-hydrogen) atoms. The molecule has 0 spiro atoms. The molecule has 0 aromatic heterocycles. The van der Waals surface area contributed by atoms with Crippen molar-refractivity contribution in [2.24, 2.45) is 5.73 Å². The summed E-state index contributed by atoms with van der Waals surface area (Å²) in [5.74, 6) is -0.715. The summed E-state index contributed by atoms with van der Waals surface area (Å²) in [6, 6.07) is 8.15. The van der Waals surface area contributed by atoms with Crippen molar-refractivity contribution in [2.75, 3.05) is 13.1 Å². The van der Waals surface area contributed by atoms with Gasteiger partial charge in [-0.2, -0.15) is 0 Å². The van der Waals surface area contributed by atoms with Gasteiger partial charge in [-0.3, -0.25) is 9.69 Å². The van der Waals surface area contributed by atoms with Gasteiger partial charge in [0.05, 0.1) is 0 Å². The van der Waals surface area contributed by atoms with Crippen LogP contribution in [0.25, 0.3) is 0 Å². The molecular weight excluding hydrogens is 228 g/mol. The number of rotatable bonds is 2. The molecule has 1 fully saturated rings. The number of carbonyl (C=O) groups is 1. The third kappa shape index (κ3) is 1.64. The Bertz CT molecular complexity index is 461. The zero-order chi connectivity index (χ0) is 12.8. The Morgan fingerprint density at radius 1 is 1.33 bits per heavy atom. The minimum absolute atomic E-state index is 0.116. The molecule has 0 radical (unpaired) electrons. The predicted octanol–water partition coefficient (Wildman–Crippen LogP) is 0.642. The van der Waals surface area contributed by atoms with Gasteiger partial charge in [0.25, 0.3) is 0 Å². The third-order valence-corrected chi connectivity index (χ3v) is 4.31. The molecule has 1 aromatic rings. The Morgan fingerprint density at radius 3 is 2.39 bits per heavy atom. The fraction of sp³-hybridized carbons (Fsp3) is 0.500. The quantitative estimate of drug-likeness (QED) is 0.803. The summed E-state index contributed by atoms with van der Waals surface area (Å²) in [5, 5.41) is 9.70. The van der Waals surface area contributed by atoms with Crippen molar-refractivity contribution in [3.8, 4) is 0 Å². The molecule has 1 heterocycles. The van der Waals surface area contributed by atoms with E-state index in [2.05, 4.69) is 4.90 Å². The molecular formula is C14H18N2O2. The van der Waals surface area contributed by atoms with Crippen molar-refractivity contribution in [1.82, 2.24) is 4.90 Å². The lowest BCUT2D eigenvalue weighted by Crippen LogP contribution is -2.55. The fourth-order valence-electron chi connectivity index (χ4n) is 3.28. The molecule has 0 saturated carbocycles. The van der Waals surface area contributed by atoms with Gasteiger partial charge in [-0.15, -0.1) is 0 Å². The maximum Gasteiger partial charge on any atom is 0.324 e. The Balaban J connectivity index is 1.94. The number of benzene rings is 1. The van der Waals surface area contributed by atoms with Gasteiger partial charge in [0, 0.05) is 32.0 Å². The van der Waals surface area contributed by atoms with Crippen LogP contribution in [0.2, 0.25) is 0 Å². The monoisotopic (exact) mass is 246 g/mol. The summed E-state index contributed by atoms with van der Waals surface area (Å²) < 4.78 is 0. The predicted molar refractivity (Wildman–Crippen MR) is 68.4 cm³/mol. The third-order valence-electron chi connectivity index (χ3n) is 4.31. The zero-order valence-electron chi connectivity index (χ0n) is 10.3. The number of nitrogens with two attached hydrogens (primary N) is 1. The molecule has 96 valence electrons.